The molecule has 0 saturated heterocycles. The van der Waals surface area contributed by atoms with E-state index in [1.165, 1.54) is 0 Å². The van der Waals surface area contributed by atoms with E-state index in [0.29, 0.717) is 29.2 Å². The molecular weight excluding hydrogens is 292 g/mol. The number of hydrogen-bond acceptors (Lipinski definition) is 2. The van der Waals surface area contributed by atoms with Gasteiger partial charge >= 0.3 is 0 Å². The molecule has 20 heavy (non-hydrogen) atoms. The van der Waals surface area contributed by atoms with Gasteiger partial charge in [0, 0.05) is 27.7 Å². The summed E-state index contributed by atoms with van der Waals surface area (Å²) in [5, 5.41) is 0.630. The summed E-state index contributed by atoms with van der Waals surface area (Å²) in [6.45, 7) is 0. The quantitative estimate of drug-likeness (QED) is 0.753. The Labute approximate surface area is 126 Å². The summed E-state index contributed by atoms with van der Waals surface area (Å²) in [6, 6.07) is 16.2. The molecule has 2 aromatic rings. The molecule has 2 nitrogen and oxygen atoms in total. The van der Waals surface area contributed by atoms with Crippen LogP contribution in [0.4, 0.5) is 0 Å². The van der Waals surface area contributed by atoms with E-state index in [4.69, 9.17) is 11.6 Å². The lowest BCUT2D eigenvalue weighted by atomic mass is 10.1. The van der Waals surface area contributed by atoms with Gasteiger partial charge in [0.2, 0.25) is 0 Å². The lowest BCUT2D eigenvalue weighted by molar-refractivity contribution is 0.0982. The van der Waals surface area contributed by atoms with Crippen molar-refractivity contribution in [3.8, 4) is 0 Å². The molecule has 2 rings (SSSR count). The molecule has 0 fully saturated rings. The molecule has 104 valence electrons. The van der Waals surface area contributed by atoms with Crippen LogP contribution < -0.4 is 0 Å². The Morgan fingerprint density at radius 2 is 1.65 bits per heavy atom. The van der Waals surface area contributed by atoms with Crippen molar-refractivity contribution in [3.05, 3.63) is 65.2 Å². The number of rotatable bonds is 6. The van der Waals surface area contributed by atoms with Crippen LogP contribution in [0.15, 0.2) is 59.5 Å². The van der Waals surface area contributed by atoms with Gasteiger partial charge in [0.25, 0.3) is 0 Å². The highest BCUT2D eigenvalue weighted by Gasteiger charge is 2.08. The minimum atomic E-state index is -1.08. The fourth-order valence-electron chi connectivity index (χ4n) is 1.84. The normalized spacial score (nSPS) is 12.1. The Bertz CT molecular complexity index is 594. The SMILES string of the molecule is O=C(CCCS(=O)c1ccc(Cl)cc1)c1ccccc1. The standard InChI is InChI=1S/C16H15ClO2S/c17-14-8-10-15(11-9-14)20(19)12-4-7-16(18)13-5-2-1-3-6-13/h1-3,5-6,8-11H,4,7,12H2. The van der Waals surface area contributed by atoms with E-state index < -0.39 is 10.8 Å². The minimum absolute atomic E-state index is 0.0960. The van der Waals surface area contributed by atoms with Crippen molar-refractivity contribution >= 4 is 28.2 Å². The third-order valence-corrected chi connectivity index (χ3v) is 4.62. The van der Waals surface area contributed by atoms with E-state index in [2.05, 4.69) is 0 Å². The lowest BCUT2D eigenvalue weighted by Gasteiger charge is -2.03. The number of ketones is 1. The smallest absolute Gasteiger partial charge is 0.162 e. The van der Waals surface area contributed by atoms with E-state index in [1.54, 1.807) is 36.4 Å². The Balaban J connectivity index is 1.83. The molecule has 1 atom stereocenters. The fourth-order valence-corrected chi connectivity index (χ4v) is 3.04. The molecule has 0 aromatic heterocycles. The van der Waals surface area contributed by atoms with Crippen LogP contribution >= 0.6 is 11.6 Å². The maximum Gasteiger partial charge on any atom is 0.162 e. The highest BCUT2D eigenvalue weighted by molar-refractivity contribution is 7.85. The van der Waals surface area contributed by atoms with Gasteiger partial charge in [-0.25, -0.2) is 0 Å². The maximum atomic E-state index is 12.0. The van der Waals surface area contributed by atoms with Gasteiger partial charge < -0.3 is 0 Å². The molecule has 1 unspecified atom stereocenters. The highest BCUT2D eigenvalue weighted by Crippen LogP contribution is 2.14. The van der Waals surface area contributed by atoms with Crippen molar-refractivity contribution in [1.82, 2.24) is 0 Å². The number of benzene rings is 2. The second kappa shape index (κ2) is 7.36. The number of Topliss-reactive ketones (excluding diaryl/α,β-unsaturated/α-hetero) is 1. The van der Waals surface area contributed by atoms with Crippen molar-refractivity contribution in [2.75, 3.05) is 5.75 Å². The number of halogens is 1. The predicted octanol–water partition coefficient (Wildman–Crippen LogP) is 4.11. The maximum absolute atomic E-state index is 12.0. The molecule has 0 N–H and O–H groups in total. The van der Waals surface area contributed by atoms with Gasteiger partial charge in [-0.2, -0.15) is 0 Å². The molecule has 0 spiro atoms. The molecule has 0 aliphatic rings. The molecule has 0 aliphatic carbocycles. The van der Waals surface area contributed by atoms with E-state index in [-0.39, 0.29) is 5.78 Å². The van der Waals surface area contributed by atoms with Crippen LogP contribution in [0.25, 0.3) is 0 Å². The second-order valence-corrected chi connectivity index (χ2v) is 6.40. The molecule has 0 radical (unpaired) electrons. The average molecular weight is 307 g/mol. The van der Waals surface area contributed by atoms with Gasteiger partial charge in [0.15, 0.2) is 5.78 Å². The van der Waals surface area contributed by atoms with Crippen LogP contribution in [0.3, 0.4) is 0 Å². The molecule has 0 aliphatic heterocycles. The first kappa shape index (κ1) is 14.9. The molecule has 0 bridgehead atoms. The van der Waals surface area contributed by atoms with Crippen molar-refractivity contribution in [2.45, 2.75) is 17.7 Å². The predicted molar refractivity (Wildman–Crippen MR) is 82.7 cm³/mol. The van der Waals surface area contributed by atoms with Gasteiger partial charge in [0.05, 0.1) is 10.8 Å². The zero-order valence-corrected chi connectivity index (χ0v) is 12.5. The largest absolute Gasteiger partial charge is 0.294 e. The zero-order valence-electron chi connectivity index (χ0n) is 10.9. The first-order chi connectivity index (χ1) is 9.66. The Hall–Kier alpha value is -1.45. The van der Waals surface area contributed by atoms with E-state index >= 15 is 0 Å². The van der Waals surface area contributed by atoms with Crippen LogP contribution in [0.1, 0.15) is 23.2 Å². The monoisotopic (exact) mass is 306 g/mol. The Kier molecular flexibility index (Phi) is 5.50. The Morgan fingerprint density at radius 1 is 1.00 bits per heavy atom. The summed E-state index contributed by atoms with van der Waals surface area (Å²) in [7, 11) is -1.08. The average Bonchev–Trinajstić information content (AvgIpc) is 2.48. The zero-order chi connectivity index (χ0) is 14.4. The molecule has 2 aromatic carbocycles. The van der Waals surface area contributed by atoms with Crippen molar-refractivity contribution in [3.63, 3.8) is 0 Å². The fraction of sp³-hybridized carbons (Fsp3) is 0.188. The number of carbonyl (C=O) groups excluding carboxylic acids is 1. The topological polar surface area (TPSA) is 34.1 Å². The second-order valence-electron chi connectivity index (χ2n) is 4.40. The van der Waals surface area contributed by atoms with Crippen LogP contribution in [0.5, 0.6) is 0 Å². The van der Waals surface area contributed by atoms with Gasteiger partial charge in [0.1, 0.15) is 0 Å². The van der Waals surface area contributed by atoms with E-state index in [1.807, 2.05) is 18.2 Å². The molecule has 4 heteroatoms. The van der Waals surface area contributed by atoms with Crippen molar-refractivity contribution in [1.29, 1.82) is 0 Å². The summed E-state index contributed by atoms with van der Waals surface area (Å²) in [5.41, 5.74) is 0.713. The molecular formula is C16H15ClO2S. The lowest BCUT2D eigenvalue weighted by Crippen LogP contribution is -2.03. The van der Waals surface area contributed by atoms with Crippen LogP contribution in [-0.4, -0.2) is 15.7 Å². The highest BCUT2D eigenvalue weighted by atomic mass is 35.5. The van der Waals surface area contributed by atoms with Crippen LogP contribution in [0, 0.1) is 0 Å². The number of hydrogen-bond donors (Lipinski definition) is 0. The molecule has 0 heterocycles. The van der Waals surface area contributed by atoms with Gasteiger partial charge in [-0.1, -0.05) is 41.9 Å². The molecule has 0 amide bonds. The first-order valence-electron chi connectivity index (χ1n) is 6.39. The van der Waals surface area contributed by atoms with E-state index in [0.717, 1.165) is 4.90 Å². The summed E-state index contributed by atoms with van der Waals surface area (Å²) in [5.74, 6) is 0.582. The van der Waals surface area contributed by atoms with Gasteiger partial charge in [-0.05, 0) is 30.7 Å². The van der Waals surface area contributed by atoms with E-state index in [9.17, 15) is 9.00 Å². The van der Waals surface area contributed by atoms with Gasteiger partial charge in [-0.3, -0.25) is 9.00 Å². The first-order valence-corrected chi connectivity index (χ1v) is 8.09. The van der Waals surface area contributed by atoms with Crippen LogP contribution in [0.2, 0.25) is 5.02 Å². The van der Waals surface area contributed by atoms with Gasteiger partial charge in [-0.15, -0.1) is 0 Å². The van der Waals surface area contributed by atoms with Crippen LogP contribution in [-0.2, 0) is 10.8 Å². The summed E-state index contributed by atoms with van der Waals surface area (Å²) < 4.78 is 12.0. The van der Waals surface area contributed by atoms with Crippen molar-refractivity contribution in [2.24, 2.45) is 0 Å². The summed E-state index contributed by atoms with van der Waals surface area (Å²) >= 11 is 5.79. The number of carbonyl (C=O) groups is 1. The summed E-state index contributed by atoms with van der Waals surface area (Å²) in [6.07, 6.45) is 1.03. The van der Waals surface area contributed by atoms with Crippen molar-refractivity contribution < 1.29 is 9.00 Å². The Morgan fingerprint density at radius 3 is 2.30 bits per heavy atom. The third kappa shape index (κ3) is 4.29. The third-order valence-electron chi connectivity index (χ3n) is 2.91. The summed E-state index contributed by atoms with van der Waals surface area (Å²) in [4.78, 5) is 12.6. The minimum Gasteiger partial charge on any atom is -0.294 e. The molecule has 0 saturated carbocycles.